The van der Waals surface area contributed by atoms with Gasteiger partial charge in [0.05, 0.1) is 12.0 Å². The Morgan fingerprint density at radius 1 is 1.44 bits per heavy atom. The van der Waals surface area contributed by atoms with E-state index in [1.54, 1.807) is 13.0 Å². The summed E-state index contributed by atoms with van der Waals surface area (Å²) in [5.74, 6) is -0.120. The maximum absolute atomic E-state index is 12.0. The van der Waals surface area contributed by atoms with Crippen molar-refractivity contribution in [3.05, 3.63) is 48.0 Å². The molecule has 0 bridgehead atoms. The normalized spacial score (nSPS) is 25.9. The first-order valence-electron chi connectivity index (χ1n) is 6.09. The van der Waals surface area contributed by atoms with Crippen LogP contribution in [0.5, 0.6) is 0 Å². The van der Waals surface area contributed by atoms with Crippen molar-refractivity contribution in [2.75, 3.05) is 6.61 Å². The molecule has 3 nitrogen and oxygen atoms in total. The summed E-state index contributed by atoms with van der Waals surface area (Å²) in [7, 11) is 0. The van der Waals surface area contributed by atoms with E-state index in [1.807, 2.05) is 30.3 Å². The minimum absolute atomic E-state index is 0.119. The maximum Gasteiger partial charge on any atom is 0.316 e. The second kappa shape index (κ2) is 5.17. The number of esters is 1. The van der Waals surface area contributed by atoms with E-state index in [-0.39, 0.29) is 11.9 Å². The van der Waals surface area contributed by atoms with E-state index in [2.05, 4.69) is 0 Å². The zero-order valence-corrected chi connectivity index (χ0v) is 10.3. The van der Waals surface area contributed by atoms with Crippen LogP contribution in [0.1, 0.15) is 24.8 Å². The van der Waals surface area contributed by atoms with Crippen molar-refractivity contribution >= 4 is 12.3 Å². The molecule has 94 valence electrons. The molecule has 0 spiro atoms. The highest BCUT2D eigenvalue weighted by Crippen LogP contribution is 2.61. The molecule has 1 aromatic rings. The first-order valence-corrected chi connectivity index (χ1v) is 6.09. The van der Waals surface area contributed by atoms with E-state index < -0.39 is 5.41 Å². The molecule has 0 N–H and O–H groups in total. The standard InChI is InChI=1S/C15H16O3/c1-2-18-14(17)15(9-6-10-16)11-13(15)12-7-4-3-5-8-12/h3-10,13H,2,11H2,1H3/b9-6+/t13-,15+/m1/s1. The second-order valence-electron chi connectivity index (χ2n) is 4.42. The number of hydrogen-bond acceptors (Lipinski definition) is 3. The molecule has 1 aliphatic carbocycles. The minimum atomic E-state index is -0.641. The van der Waals surface area contributed by atoms with Crippen LogP contribution in [0.3, 0.4) is 0 Å². The van der Waals surface area contributed by atoms with Crippen LogP contribution in [0.2, 0.25) is 0 Å². The van der Waals surface area contributed by atoms with Gasteiger partial charge in [0, 0.05) is 5.92 Å². The largest absolute Gasteiger partial charge is 0.465 e. The molecule has 0 saturated heterocycles. The van der Waals surface area contributed by atoms with E-state index in [9.17, 15) is 9.59 Å². The summed E-state index contributed by atoms with van der Waals surface area (Å²) in [6, 6.07) is 9.85. The molecule has 0 heterocycles. The summed E-state index contributed by atoms with van der Waals surface area (Å²) in [5.41, 5.74) is 0.472. The van der Waals surface area contributed by atoms with Gasteiger partial charge >= 0.3 is 5.97 Å². The van der Waals surface area contributed by atoms with E-state index >= 15 is 0 Å². The molecule has 0 amide bonds. The third kappa shape index (κ3) is 2.21. The van der Waals surface area contributed by atoms with Gasteiger partial charge in [-0.1, -0.05) is 36.4 Å². The predicted molar refractivity (Wildman–Crippen MR) is 68.1 cm³/mol. The maximum atomic E-state index is 12.0. The zero-order chi connectivity index (χ0) is 13.0. The summed E-state index contributed by atoms with van der Waals surface area (Å²) in [4.78, 5) is 22.5. The molecule has 18 heavy (non-hydrogen) atoms. The van der Waals surface area contributed by atoms with Gasteiger partial charge in [-0.15, -0.1) is 0 Å². The average molecular weight is 244 g/mol. The Labute approximate surface area is 106 Å². The van der Waals surface area contributed by atoms with E-state index in [0.717, 1.165) is 5.56 Å². The average Bonchev–Trinajstić information content (AvgIpc) is 3.14. The predicted octanol–water partition coefficient (Wildman–Crippen LogP) is 2.48. The van der Waals surface area contributed by atoms with Crippen LogP contribution in [0.25, 0.3) is 0 Å². The smallest absolute Gasteiger partial charge is 0.316 e. The van der Waals surface area contributed by atoms with Crippen molar-refractivity contribution < 1.29 is 14.3 Å². The molecule has 1 aromatic carbocycles. The molecule has 2 rings (SSSR count). The summed E-state index contributed by atoms with van der Waals surface area (Å²) in [6.07, 6.45) is 4.47. The summed E-state index contributed by atoms with van der Waals surface area (Å²) >= 11 is 0. The lowest BCUT2D eigenvalue weighted by molar-refractivity contribution is -0.147. The van der Waals surface area contributed by atoms with Gasteiger partial charge in [0.2, 0.25) is 0 Å². The topological polar surface area (TPSA) is 43.4 Å². The molecule has 1 saturated carbocycles. The lowest BCUT2D eigenvalue weighted by Crippen LogP contribution is -2.19. The molecule has 1 aliphatic rings. The van der Waals surface area contributed by atoms with Gasteiger partial charge < -0.3 is 4.74 Å². The Bertz CT molecular complexity index is 464. The Kier molecular flexibility index (Phi) is 3.60. The van der Waals surface area contributed by atoms with Gasteiger partial charge in [-0.2, -0.15) is 0 Å². The van der Waals surface area contributed by atoms with Crippen molar-refractivity contribution in [2.45, 2.75) is 19.3 Å². The quantitative estimate of drug-likeness (QED) is 0.454. The van der Waals surface area contributed by atoms with Crippen LogP contribution in [0, 0.1) is 5.41 Å². The number of benzene rings is 1. The fraction of sp³-hybridized carbons (Fsp3) is 0.333. The monoisotopic (exact) mass is 244 g/mol. The number of hydrogen-bond donors (Lipinski definition) is 0. The zero-order valence-electron chi connectivity index (χ0n) is 10.3. The van der Waals surface area contributed by atoms with E-state index in [0.29, 0.717) is 19.3 Å². The highest BCUT2D eigenvalue weighted by atomic mass is 16.5. The van der Waals surface area contributed by atoms with Crippen LogP contribution in [0.15, 0.2) is 42.5 Å². The summed E-state index contributed by atoms with van der Waals surface area (Å²) in [6.45, 7) is 2.14. The van der Waals surface area contributed by atoms with Crippen molar-refractivity contribution in [3.63, 3.8) is 0 Å². The summed E-state index contributed by atoms with van der Waals surface area (Å²) < 4.78 is 5.11. The van der Waals surface area contributed by atoms with Crippen LogP contribution in [0.4, 0.5) is 0 Å². The molecule has 0 unspecified atom stereocenters. The highest BCUT2D eigenvalue weighted by Gasteiger charge is 2.59. The molecule has 0 radical (unpaired) electrons. The third-order valence-electron chi connectivity index (χ3n) is 3.33. The van der Waals surface area contributed by atoms with Crippen LogP contribution >= 0.6 is 0 Å². The summed E-state index contributed by atoms with van der Waals surface area (Å²) in [5, 5.41) is 0. The van der Waals surface area contributed by atoms with Crippen molar-refractivity contribution in [3.8, 4) is 0 Å². The third-order valence-corrected chi connectivity index (χ3v) is 3.33. The molecule has 2 atom stereocenters. The Hall–Kier alpha value is -1.90. The molecule has 0 aliphatic heterocycles. The van der Waals surface area contributed by atoms with Crippen molar-refractivity contribution in [1.29, 1.82) is 0 Å². The second-order valence-corrected chi connectivity index (χ2v) is 4.42. The van der Waals surface area contributed by atoms with Gasteiger partial charge in [-0.25, -0.2) is 0 Å². The highest BCUT2D eigenvalue weighted by molar-refractivity contribution is 5.86. The van der Waals surface area contributed by atoms with Crippen LogP contribution in [-0.2, 0) is 14.3 Å². The minimum Gasteiger partial charge on any atom is -0.465 e. The number of rotatable bonds is 5. The fourth-order valence-corrected chi connectivity index (χ4v) is 2.33. The number of ether oxygens (including phenoxy) is 1. The first kappa shape index (κ1) is 12.6. The number of carbonyl (C=O) groups is 2. The van der Waals surface area contributed by atoms with E-state index in [4.69, 9.17) is 4.74 Å². The van der Waals surface area contributed by atoms with Gasteiger partial charge in [0.15, 0.2) is 0 Å². The van der Waals surface area contributed by atoms with E-state index in [1.165, 1.54) is 6.08 Å². The van der Waals surface area contributed by atoms with Crippen molar-refractivity contribution in [1.82, 2.24) is 0 Å². The lowest BCUT2D eigenvalue weighted by Gasteiger charge is -2.11. The molecule has 3 heteroatoms. The number of aldehydes is 1. The Morgan fingerprint density at radius 2 is 2.17 bits per heavy atom. The first-order chi connectivity index (χ1) is 8.74. The van der Waals surface area contributed by atoms with Gasteiger partial charge in [-0.3, -0.25) is 9.59 Å². The van der Waals surface area contributed by atoms with Crippen LogP contribution < -0.4 is 0 Å². The van der Waals surface area contributed by atoms with Crippen molar-refractivity contribution in [2.24, 2.45) is 5.41 Å². The lowest BCUT2D eigenvalue weighted by atomic mass is 9.98. The van der Waals surface area contributed by atoms with Gasteiger partial charge in [-0.05, 0) is 25.0 Å². The SMILES string of the molecule is CCOC(=O)[C@@]1(/C=C/C=O)C[C@@H]1c1ccccc1. The fourth-order valence-electron chi connectivity index (χ4n) is 2.33. The Morgan fingerprint density at radius 3 is 2.78 bits per heavy atom. The number of carbonyl (C=O) groups excluding carboxylic acids is 2. The van der Waals surface area contributed by atoms with Crippen LogP contribution in [-0.4, -0.2) is 18.9 Å². The molecule has 0 aromatic heterocycles. The van der Waals surface area contributed by atoms with Gasteiger partial charge in [0.25, 0.3) is 0 Å². The molecular weight excluding hydrogens is 228 g/mol. The molecule has 1 fully saturated rings. The Balaban J connectivity index is 2.23. The number of allylic oxidation sites excluding steroid dienone is 1. The van der Waals surface area contributed by atoms with Gasteiger partial charge in [0.1, 0.15) is 6.29 Å². The molecular formula is C15H16O3.